The molecule has 1 aromatic heterocycles. The van der Waals surface area contributed by atoms with Crippen LogP contribution in [0.25, 0.3) is 5.69 Å². The van der Waals surface area contributed by atoms with E-state index in [1.807, 2.05) is 0 Å². The first kappa shape index (κ1) is 16.9. The monoisotopic (exact) mass is 351 g/mol. The molecule has 24 heavy (non-hydrogen) atoms. The molecule has 0 saturated carbocycles. The summed E-state index contributed by atoms with van der Waals surface area (Å²) in [6, 6.07) is 5.97. The minimum Gasteiger partial charge on any atom is -0.368 e. The third-order valence-electron chi connectivity index (χ3n) is 4.18. The smallest absolute Gasteiger partial charge is 0.258 e. The fraction of sp³-hybridized carbons (Fsp3) is 0.375. The van der Waals surface area contributed by atoms with E-state index in [1.54, 1.807) is 30.9 Å². The van der Waals surface area contributed by atoms with Crippen molar-refractivity contribution in [3.63, 3.8) is 0 Å². The van der Waals surface area contributed by atoms with E-state index in [4.69, 9.17) is 0 Å². The molecule has 0 unspecified atom stereocenters. The molecule has 2 aromatic rings. The van der Waals surface area contributed by atoms with Gasteiger partial charge in [0.25, 0.3) is 5.56 Å². The molecule has 1 aliphatic rings. The van der Waals surface area contributed by atoms with Crippen LogP contribution < -0.4 is 10.5 Å². The van der Waals surface area contributed by atoms with Gasteiger partial charge in [0.1, 0.15) is 11.6 Å². The second-order valence-corrected chi connectivity index (χ2v) is 8.62. The van der Waals surface area contributed by atoms with Gasteiger partial charge in [-0.15, -0.1) is 0 Å². The van der Waals surface area contributed by atoms with Gasteiger partial charge in [-0.05, 0) is 26.0 Å². The van der Waals surface area contributed by atoms with Crippen molar-refractivity contribution in [3.05, 3.63) is 52.0 Å². The molecule has 0 aliphatic carbocycles. The van der Waals surface area contributed by atoms with Gasteiger partial charge in [-0.2, -0.15) is 0 Å². The number of nitrogens with zero attached hydrogens (tertiary/aromatic N) is 3. The molecule has 0 atom stereocenters. The highest BCUT2D eigenvalue weighted by molar-refractivity contribution is 7.58. The maximum atomic E-state index is 14.5. The molecule has 0 radical (unpaired) electrons. The zero-order valence-corrected chi connectivity index (χ0v) is 14.5. The summed E-state index contributed by atoms with van der Waals surface area (Å²) in [5, 5.41) is 0. The van der Waals surface area contributed by atoms with Crippen LogP contribution in [0.2, 0.25) is 0 Å². The van der Waals surface area contributed by atoms with Gasteiger partial charge in [-0.1, -0.05) is 0 Å². The fourth-order valence-electron chi connectivity index (χ4n) is 2.96. The van der Waals surface area contributed by atoms with E-state index in [-0.39, 0.29) is 17.9 Å². The number of halogens is 1. The summed E-state index contributed by atoms with van der Waals surface area (Å²) in [5.74, 6) is 0.0281. The van der Waals surface area contributed by atoms with Gasteiger partial charge in [0.15, 0.2) is 0 Å². The summed E-state index contributed by atoms with van der Waals surface area (Å²) in [7, 11) is -3.05. The number of hydrogen-bond donors (Lipinski definition) is 1. The molecule has 3 rings (SSSR count). The van der Waals surface area contributed by atoms with Crippen molar-refractivity contribution >= 4 is 13.1 Å². The largest absolute Gasteiger partial charge is 0.368 e. The Hall–Kier alpha value is -1.98. The highest BCUT2D eigenvalue weighted by atomic mass is 31.2. The minimum absolute atomic E-state index is 0.161. The molecule has 0 spiro atoms. The van der Waals surface area contributed by atoms with E-state index >= 15 is 0 Å². The van der Waals surface area contributed by atoms with Crippen molar-refractivity contribution in [2.24, 2.45) is 0 Å². The lowest BCUT2D eigenvalue weighted by Gasteiger charge is -2.31. The van der Waals surface area contributed by atoms with Crippen molar-refractivity contribution in [1.29, 1.82) is 0 Å². The minimum atomic E-state index is -3.05. The lowest BCUT2D eigenvalue weighted by molar-refractivity contribution is 0.470. The van der Waals surface area contributed by atoms with Crippen LogP contribution in [0.1, 0.15) is 11.5 Å². The topological polar surface area (TPSA) is 75.4 Å². The van der Waals surface area contributed by atoms with E-state index in [1.165, 1.54) is 16.7 Å². The summed E-state index contributed by atoms with van der Waals surface area (Å²) >= 11 is 0. The van der Waals surface area contributed by atoms with Crippen molar-refractivity contribution in [2.45, 2.75) is 13.8 Å². The van der Waals surface area contributed by atoms with E-state index in [9.17, 15) is 18.6 Å². The average molecular weight is 351 g/mol. The normalized spacial score (nSPS) is 17.1. The van der Waals surface area contributed by atoms with Crippen LogP contribution in [0.5, 0.6) is 0 Å². The SMILES string of the molecule is Cc1cc(=O)n(-c2ccc(N3CCP(=O)(O)CC3)c(F)c2)c(C)n1. The van der Waals surface area contributed by atoms with Crippen LogP contribution >= 0.6 is 7.37 Å². The Labute approximate surface area is 139 Å². The average Bonchev–Trinajstić information content (AvgIpc) is 2.47. The summed E-state index contributed by atoms with van der Waals surface area (Å²) < 4.78 is 27.5. The zero-order chi connectivity index (χ0) is 17.5. The molecular formula is C16H19FN3O3P. The number of benzene rings is 1. The van der Waals surface area contributed by atoms with E-state index < -0.39 is 13.2 Å². The Morgan fingerprint density at radius 3 is 2.46 bits per heavy atom. The predicted molar refractivity (Wildman–Crippen MR) is 91.0 cm³/mol. The summed E-state index contributed by atoms with van der Waals surface area (Å²) in [6.45, 7) is 4.12. The standard InChI is InChI=1S/C16H19FN3O3P/c1-11-9-16(21)20(12(2)18-11)13-3-4-15(14(17)10-13)19-5-7-24(22,23)8-6-19/h3-4,9-10H,5-8H2,1-2H3,(H,22,23). The van der Waals surface area contributed by atoms with Crippen LogP contribution in [0.4, 0.5) is 10.1 Å². The molecule has 1 aromatic carbocycles. The third kappa shape index (κ3) is 3.28. The van der Waals surface area contributed by atoms with Gasteiger partial charge >= 0.3 is 0 Å². The third-order valence-corrected chi connectivity index (χ3v) is 5.98. The summed E-state index contributed by atoms with van der Waals surface area (Å²) in [5.41, 5.74) is 1.15. The Bertz CT molecular complexity index is 885. The van der Waals surface area contributed by atoms with Crippen molar-refractivity contribution < 1.29 is 13.8 Å². The van der Waals surface area contributed by atoms with E-state index in [2.05, 4.69) is 4.98 Å². The van der Waals surface area contributed by atoms with Crippen LogP contribution in [-0.2, 0) is 4.57 Å². The van der Waals surface area contributed by atoms with Gasteiger partial charge in [-0.25, -0.2) is 9.37 Å². The molecule has 0 bridgehead atoms. The van der Waals surface area contributed by atoms with Crippen LogP contribution in [-0.4, -0.2) is 39.9 Å². The van der Waals surface area contributed by atoms with E-state index in [0.717, 1.165) is 0 Å². The molecule has 2 heterocycles. The Kier molecular flexibility index (Phi) is 4.32. The lowest BCUT2D eigenvalue weighted by Crippen LogP contribution is -2.35. The van der Waals surface area contributed by atoms with Gasteiger partial charge in [0.05, 0.1) is 11.4 Å². The molecule has 128 valence electrons. The molecular weight excluding hydrogens is 332 g/mol. The number of rotatable bonds is 2. The van der Waals surface area contributed by atoms with Crippen LogP contribution in [0.15, 0.2) is 29.1 Å². The number of anilines is 1. The highest BCUT2D eigenvalue weighted by Gasteiger charge is 2.27. The predicted octanol–water partition coefficient (Wildman–Crippen LogP) is 2.08. The maximum Gasteiger partial charge on any atom is 0.258 e. The first-order chi connectivity index (χ1) is 11.3. The van der Waals surface area contributed by atoms with Crippen LogP contribution in [0, 0.1) is 19.7 Å². The molecule has 0 amide bonds. The van der Waals surface area contributed by atoms with Gasteiger partial charge in [-0.3, -0.25) is 13.9 Å². The quantitative estimate of drug-likeness (QED) is 0.839. The first-order valence-corrected chi connectivity index (χ1v) is 9.73. The maximum absolute atomic E-state index is 14.5. The number of hydrogen-bond acceptors (Lipinski definition) is 4. The van der Waals surface area contributed by atoms with Crippen molar-refractivity contribution in [2.75, 3.05) is 30.3 Å². The molecule has 8 heteroatoms. The van der Waals surface area contributed by atoms with E-state index in [0.29, 0.717) is 36.0 Å². The van der Waals surface area contributed by atoms with Gasteiger partial charge in [0, 0.05) is 43.2 Å². The fourth-order valence-corrected chi connectivity index (χ4v) is 4.30. The highest BCUT2D eigenvalue weighted by Crippen LogP contribution is 2.43. The lowest BCUT2D eigenvalue weighted by atomic mass is 10.2. The van der Waals surface area contributed by atoms with Crippen LogP contribution in [0.3, 0.4) is 0 Å². The molecule has 1 saturated heterocycles. The Morgan fingerprint density at radius 2 is 1.88 bits per heavy atom. The first-order valence-electron chi connectivity index (χ1n) is 7.70. The van der Waals surface area contributed by atoms with Crippen molar-refractivity contribution in [3.8, 4) is 5.69 Å². The molecule has 6 nitrogen and oxygen atoms in total. The Balaban J connectivity index is 1.94. The number of aromatic nitrogens is 2. The summed E-state index contributed by atoms with van der Waals surface area (Å²) in [6.07, 6.45) is 0.323. The second-order valence-electron chi connectivity index (χ2n) is 6.03. The summed E-state index contributed by atoms with van der Waals surface area (Å²) in [4.78, 5) is 27.7. The Morgan fingerprint density at radius 1 is 1.21 bits per heavy atom. The molecule has 1 N–H and O–H groups in total. The number of aryl methyl sites for hydroxylation is 2. The van der Waals surface area contributed by atoms with Gasteiger partial charge < -0.3 is 9.79 Å². The van der Waals surface area contributed by atoms with Gasteiger partial charge in [0.2, 0.25) is 7.37 Å². The molecule has 1 aliphatic heterocycles. The second kappa shape index (κ2) is 6.15. The zero-order valence-electron chi connectivity index (χ0n) is 13.6. The van der Waals surface area contributed by atoms with Crippen molar-refractivity contribution in [1.82, 2.24) is 9.55 Å². The molecule has 1 fully saturated rings.